The van der Waals surface area contributed by atoms with Crippen molar-refractivity contribution in [2.24, 2.45) is 0 Å². The highest BCUT2D eigenvalue weighted by molar-refractivity contribution is 6.52. The van der Waals surface area contributed by atoms with Gasteiger partial charge in [0.2, 0.25) is 0 Å². The first-order valence-electron chi connectivity index (χ1n) is 9.94. The number of carbonyl (C=O) groups is 2. The molecule has 0 aliphatic carbocycles. The smallest absolute Gasteiger partial charge is 0.283 e. The molecule has 150 valence electrons. The van der Waals surface area contributed by atoms with Crippen LogP contribution in [0, 0.1) is 13.8 Å². The van der Waals surface area contributed by atoms with Crippen LogP contribution in [0.3, 0.4) is 0 Å². The predicted molar refractivity (Wildman–Crippen MR) is 114 cm³/mol. The molecule has 1 saturated heterocycles. The number of hydrogen-bond donors (Lipinski definition) is 1. The van der Waals surface area contributed by atoms with Crippen molar-refractivity contribution in [3.05, 3.63) is 76.0 Å². The van der Waals surface area contributed by atoms with Crippen molar-refractivity contribution in [3.63, 3.8) is 0 Å². The number of quaternary nitrogens is 1. The van der Waals surface area contributed by atoms with Gasteiger partial charge >= 0.3 is 0 Å². The minimum atomic E-state index is -0.431. The van der Waals surface area contributed by atoms with E-state index in [0.717, 1.165) is 30.8 Å². The first-order valence-corrected chi connectivity index (χ1v) is 10.3. The van der Waals surface area contributed by atoms with Gasteiger partial charge in [0, 0.05) is 5.56 Å². The van der Waals surface area contributed by atoms with Crippen molar-refractivity contribution in [1.29, 1.82) is 0 Å². The third-order valence-corrected chi connectivity index (χ3v) is 6.25. The Morgan fingerprint density at radius 2 is 1.62 bits per heavy atom. The van der Waals surface area contributed by atoms with Crippen LogP contribution in [-0.4, -0.2) is 42.9 Å². The van der Waals surface area contributed by atoms with Gasteiger partial charge in [0.15, 0.2) is 0 Å². The predicted octanol–water partition coefficient (Wildman–Crippen LogP) is 2.03. The van der Waals surface area contributed by atoms with Gasteiger partial charge in [0.25, 0.3) is 11.8 Å². The zero-order valence-electron chi connectivity index (χ0n) is 16.7. The Hall–Kier alpha value is -2.63. The average molecular weight is 411 g/mol. The maximum absolute atomic E-state index is 13.2. The van der Waals surface area contributed by atoms with E-state index < -0.39 is 5.91 Å². The van der Waals surface area contributed by atoms with Crippen LogP contribution >= 0.6 is 11.6 Å². The third-order valence-electron chi connectivity index (χ3n) is 5.91. The largest absolute Gasteiger partial charge is 0.354 e. The fourth-order valence-corrected chi connectivity index (χ4v) is 4.35. The van der Waals surface area contributed by atoms with E-state index >= 15 is 0 Å². The molecular weight excluding hydrogens is 386 g/mol. The van der Waals surface area contributed by atoms with Gasteiger partial charge in [-0.05, 0) is 31.0 Å². The number of hydrogen-bond acceptors (Lipinski definition) is 3. The van der Waals surface area contributed by atoms with Crippen LogP contribution in [-0.2, 0) is 16.1 Å². The van der Waals surface area contributed by atoms with Crippen LogP contribution < -0.4 is 9.80 Å². The average Bonchev–Trinajstić information content (AvgIpc) is 2.94. The van der Waals surface area contributed by atoms with E-state index in [9.17, 15) is 9.59 Å². The molecule has 2 amide bonds. The number of rotatable bonds is 4. The Kier molecular flexibility index (Phi) is 5.43. The topological polar surface area (TPSA) is 45.1 Å². The number of anilines is 1. The zero-order valence-corrected chi connectivity index (χ0v) is 17.5. The molecule has 0 aromatic heterocycles. The Morgan fingerprint density at radius 3 is 2.31 bits per heavy atom. The lowest BCUT2D eigenvalue weighted by atomic mass is 10.1. The summed E-state index contributed by atoms with van der Waals surface area (Å²) in [4.78, 5) is 30.7. The minimum Gasteiger partial charge on any atom is -0.354 e. The lowest BCUT2D eigenvalue weighted by Crippen LogP contribution is -3.13. The van der Waals surface area contributed by atoms with Crippen molar-refractivity contribution >= 4 is 29.1 Å². The van der Waals surface area contributed by atoms with Crippen molar-refractivity contribution in [2.75, 3.05) is 31.1 Å². The number of nitrogens with one attached hydrogen (secondary N) is 1. The van der Waals surface area contributed by atoms with E-state index in [1.807, 2.05) is 36.9 Å². The number of amides is 2. The Balaban J connectivity index is 1.49. The van der Waals surface area contributed by atoms with Crippen LogP contribution in [0.25, 0.3) is 0 Å². The first kappa shape index (κ1) is 19.7. The monoisotopic (exact) mass is 410 g/mol. The van der Waals surface area contributed by atoms with Crippen LogP contribution in [0.5, 0.6) is 0 Å². The molecule has 0 atom stereocenters. The maximum atomic E-state index is 13.2. The summed E-state index contributed by atoms with van der Waals surface area (Å²) in [6.45, 7) is 8.04. The fraction of sp³-hybridized carbons (Fsp3) is 0.304. The lowest BCUT2D eigenvalue weighted by Gasteiger charge is -2.34. The number of halogens is 1. The summed E-state index contributed by atoms with van der Waals surface area (Å²) < 4.78 is 0. The molecule has 2 heterocycles. The van der Waals surface area contributed by atoms with E-state index in [0.29, 0.717) is 24.5 Å². The summed E-state index contributed by atoms with van der Waals surface area (Å²) >= 11 is 6.38. The molecule has 0 unspecified atom stereocenters. The van der Waals surface area contributed by atoms with E-state index in [-0.39, 0.29) is 10.9 Å². The van der Waals surface area contributed by atoms with Crippen molar-refractivity contribution in [1.82, 2.24) is 4.90 Å². The molecule has 2 aromatic rings. The molecule has 0 bridgehead atoms. The van der Waals surface area contributed by atoms with Gasteiger partial charge in [-0.25, -0.2) is 4.90 Å². The highest BCUT2D eigenvalue weighted by atomic mass is 35.5. The number of piperazine rings is 1. The molecule has 5 nitrogen and oxygen atoms in total. The second-order valence-electron chi connectivity index (χ2n) is 7.73. The van der Waals surface area contributed by atoms with Gasteiger partial charge in [0.1, 0.15) is 17.3 Å². The van der Waals surface area contributed by atoms with Gasteiger partial charge in [-0.1, -0.05) is 54.1 Å². The maximum Gasteiger partial charge on any atom is 0.283 e. The van der Waals surface area contributed by atoms with Crippen LogP contribution in [0.15, 0.2) is 59.3 Å². The highest BCUT2D eigenvalue weighted by Gasteiger charge is 2.42. The summed E-state index contributed by atoms with van der Waals surface area (Å²) in [5.41, 5.74) is 4.21. The molecule has 0 spiro atoms. The minimum absolute atomic E-state index is 0.0300. The summed E-state index contributed by atoms with van der Waals surface area (Å²) in [6.07, 6.45) is 0. The molecule has 2 aromatic carbocycles. The first-order chi connectivity index (χ1) is 14.0. The SMILES string of the molecule is Cc1cccc(N2C(=O)C(Cl)=C(N3CC[NH+](Cc4ccccc4)CC3)C2=O)c1C. The zero-order chi connectivity index (χ0) is 20.5. The molecule has 1 N–H and O–H groups in total. The van der Waals surface area contributed by atoms with Gasteiger partial charge in [0.05, 0.1) is 31.9 Å². The number of imide groups is 1. The Bertz CT molecular complexity index is 979. The van der Waals surface area contributed by atoms with Gasteiger partial charge in [-0.2, -0.15) is 0 Å². The van der Waals surface area contributed by atoms with Crippen LogP contribution in [0.4, 0.5) is 5.69 Å². The van der Waals surface area contributed by atoms with Crippen molar-refractivity contribution in [3.8, 4) is 0 Å². The van der Waals surface area contributed by atoms with E-state index in [1.54, 1.807) is 6.07 Å². The van der Waals surface area contributed by atoms with E-state index in [2.05, 4.69) is 24.3 Å². The summed E-state index contributed by atoms with van der Waals surface area (Å²) in [5, 5.41) is 0.0300. The molecule has 29 heavy (non-hydrogen) atoms. The number of benzene rings is 2. The molecule has 0 radical (unpaired) electrons. The summed E-state index contributed by atoms with van der Waals surface area (Å²) in [7, 11) is 0. The molecule has 2 aliphatic rings. The van der Waals surface area contributed by atoms with Gasteiger partial charge < -0.3 is 9.80 Å². The van der Waals surface area contributed by atoms with Crippen LogP contribution in [0.2, 0.25) is 0 Å². The molecule has 4 rings (SSSR count). The highest BCUT2D eigenvalue weighted by Crippen LogP contribution is 2.33. The van der Waals surface area contributed by atoms with E-state index in [4.69, 9.17) is 11.6 Å². The quantitative estimate of drug-likeness (QED) is 0.784. The molecule has 0 saturated carbocycles. The molecule has 2 aliphatic heterocycles. The second kappa shape index (κ2) is 8.01. The molecule has 6 heteroatoms. The Morgan fingerprint density at radius 1 is 0.931 bits per heavy atom. The van der Waals surface area contributed by atoms with Crippen LogP contribution in [0.1, 0.15) is 16.7 Å². The normalized spacial score (nSPS) is 18.2. The third kappa shape index (κ3) is 3.68. The molecule has 1 fully saturated rings. The second-order valence-corrected chi connectivity index (χ2v) is 8.10. The summed E-state index contributed by atoms with van der Waals surface area (Å²) in [5.74, 6) is -0.750. The number of nitrogens with zero attached hydrogens (tertiary/aromatic N) is 2. The number of carbonyl (C=O) groups excluding carboxylic acids is 2. The van der Waals surface area contributed by atoms with Crippen molar-refractivity contribution < 1.29 is 14.5 Å². The van der Waals surface area contributed by atoms with Gasteiger partial charge in [-0.15, -0.1) is 0 Å². The van der Waals surface area contributed by atoms with E-state index in [1.165, 1.54) is 15.4 Å². The van der Waals surface area contributed by atoms with Crippen molar-refractivity contribution in [2.45, 2.75) is 20.4 Å². The Labute approximate surface area is 176 Å². The molecular formula is C23H25ClN3O2+. The standard InChI is InChI=1S/C23H24ClN3O2/c1-16-7-6-10-19(17(16)2)27-22(28)20(24)21(23(27)29)26-13-11-25(12-14-26)15-18-8-4-3-5-9-18/h3-10H,11-15H2,1-2H3/p+1. The fourth-order valence-electron chi connectivity index (χ4n) is 4.07. The van der Waals surface area contributed by atoms with Gasteiger partial charge in [-0.3, -0.25) is 9.59 Å². The summed E-state index contributed by atoms with van der Waals surface area (Å²) in [6, 6.07) is 16.0. The lowest BCUT2D eigenvalue weighted by molar-refractivity contribution is -0.917. The number of aryl methyl sites for hydroxylation is 1.